The molecule has 1 aromatic heterocycles. The number of pyridine rings is 1. The highest BCUT2D eigenvalue weighted by molar-refractivity contribution is 5.84. The van der Waals surface area contributed by atoms with E-state index < -0.39 is 0 Å². The van der Waals surface area contributed by atoms with Crippen LogP contribution in [0.25, 0.3) is 10.9 Å². The number of aryl methyl sites for hydroxylation is 1. The maximum atomic E-state index is 13.4. The lowest BCUT2D eigenvalue weighted by molar-refractivity contribution is 0.628. The number of hydrogen-bond acceptors (Lipinski definition) is 2. The molecule has 0 unspecified atom stereocenters. The molecule has 2 aromatic rings. The molecule has 0 spiro atoms. The zero-order valence-electron chi connectivity index (χ0n) is 10.6. The number of aromatic nitrogens is 1. The number of hydrogen-bond donors (Lipinski definition) is 1. The van der Waals surface area contributed by atoms with Crippen molar-refractivity contribution in [3.63, 3.8) is 0 Å². The van der Waals surface area contributed by atoms with Crippen LogP contribution in [0.5, 0.6) is 0 Å². The van der Waals surface area contributed by atoms with E-state index in [4.69, 9.17) is 0 Å². The highest BCUT2D eigenvalue weighted by Crippen LogP contribution is 2.28. The van der Waals surface area contributed by atoms with E-state index in [1.165, 1.54) is 6.07 Å². The van der Waals surface area contributed by atoms with Gasteiger partial charge in [0.2, 0.25) is 0 Å². The average Bonchev–Trinajstić information content (AvgIpc) is 2.27. The summed E-state index contributed by atoms with van der Waals surface area (Å²) in [5.41, 5.74) is 2.84. The fraction of sp³-hybridized carbons (Fsp3) is 0.357. The lowest BCUT2D eigenvalue weighted by Gasteiger charge is -2.14. The molecule has 1 aromatic carbocycles. The SMILES string of the molecule is CNc1nc2c(C)cc(F)cc2cc1C(C)C. The van der Waals surface area contributed by atoms with Crippen LogP contribution in [-0.2, 0) is 0 Å². The van der Waals surface area contributed by atoms with E-state index in [0.29, 0.717) is 5.92 Å². The molecule has 17 heavy (non-hydrogen) atoms. The first-order valence-electron chi connectivity index (χ1n) is 5.81. The number of nitrogens with one attached hydrogen (secondary N) is 1. The van der Waals surface area contributed by atoms with E-state index in [1.807, 2.05) is 20.0 Å². The second-order valence-electron chi connectivity index (χ2n) is 4.63. The number of nitrogens with zero attached hydrogens (tertiary/aromatic N) is 1. The summed E-state index contributed by atoms with van der Waals surface area (Å²) < 4.78 is 13.4. The normalized spacial score (nSPS) is 11.2. The summed E-state index contributed by atoms with van der Waals surface area (Å²) in [6.07, 6.45) is 0. The molecule has 0 amide bonds. The number of anilines is 1. The van der Waals surface area contributed by atoms with Gasteiger partial charge < -0.3 is 5.32 Å². The zero-order chi connectivity index (χ0) is 12.6. The van der Waals surface area contributed by atoms with Crippen molar-refractivity contribution < 1.29 is 4.39 Å². The molecule has 2 rings (SSSR count). The first kappa shape index (κ1) is 11.8. The molecule has 0 aliphatic rings. The third-order valence-electron chi connectivity index (χ3n) is 2.96. The molecule has 0 atom stereocenters. The van der Waals surface area contributed by atoms with Crippen molar-refractivity contribution >= 4 is 16.7 Å². The molecular formula is C14H17FN2. The lowest BCUT2D eigenvalue weighted by atomic mass is 10.0. The predicted octanol–water partition coefficient (Wildman–Crippen LogP) is 3.85. The fourth-order valence-corrected chi connectivity index (χ4v) is 2.08. The van der Waals surface area contributed by atoms with Crippen molar-refractivity contribution in [2.75, 3.05) is 12.4 Å². The highest BCUT2D eigenvalue weighted by Gasteiger charge is 2.11. The number of halogens is 1. The van der Waals surface area contributed by atoms with Crippen LogP contribution in [0.2, 0.25) is 0 Å². The molecule has 0 saturated heterocycles. The molecule has 0 radical (unpaired) electrons. The third kappa shape index (κ3) is 2.09. The van der Waals surface area contributed by atoms with Crippen LogP contribution in [-0.4, -0.2) is 12.0 Å². The Morgan fingerprint density at radius 1 is 1.24 bits per heavy atom. The van der Waals surface area contributed by atoms with Gasteiger partial charge in [-0.15, -0.1) is 0 Å². The minimum Gasteiger partial charge on any atom is -0.373 e. The van der Waals surface area contributed by atoms with E-state index in [0.717, 1.165) is 27.8 Å². The highest BCUT2D eigenvalue weighted by atomic mass is 19.1. The van der Waals surface area contributed by atoms with E-state index in [-0.39, 0.29) is 5.82 Å². The Labute approximate surface area is 101 Å². The largest absolute Gasteiger partial charge is 0.373 e. The number of rotatable bonds is 2. The molecule has 90 valence electrons. The Morgan fingerprint density at radius 3 is 2.53 bits per heavy atom. The summed E-state index contributed by atoms with van der Waals surface area (Å²) >= 11 is 0. The van der Waals surface area contributed by atoms with Gasteiger partial charge >= 0.3 is 0 Å². The summed E-state index contributed by atoms with van der Waals surface area (Å²) in [5.74, 6) is 1.03. The molecule has 1 N–H and O–H groups in total. The second kappa shape index (κ2) is 4.32. The molecule has 0 aliphatic heterocycles. The van der Waals surface area contributed by atoms with Crippen LogP contribution in [0.15, 0.2) is 18.2 Å². The molecule has 0 saturated carbocycles. The first-order chi connectivity index (χ1) is 8.02. The second-order valence-corrected chi connectivity index (χ2v) is 4.63. The standard InChI is InChI=1S/C14H17FN2/c1-8(2)12-7-10-6-11(15)5-9(3)13(10)17-14(12)16-4/h5-8H,1-4H3,(H,16,17). The molecule has 0 aliphatic carbocycles. The van der Waals surface area contributed by atoms with Crippen molar-refractivity contribution in [2.45, 2.75) is 26.7 Å². The Balaban J connectivity index is 2.78. The third-order valence-corrected chi connectivity index (χ3v) is 2.96. The van der Waals surface area contributed by atoms with E-state index >= 15 is 0 Å². The minimum absolute atomic E-state index is 0.205. The maximum Gasteiger partial charge on any atom is 0.129 e. The van der Waals surface area contributed by atoms with E-state index in [1.54, 1.807) is 6.07 Å². The van der Waals surface area contributed by atoms with Crippen molar-refractivity contribution in [3.05, 3.63) is 35.1 Å². The van der Waals surface area contributed by atoms with Gasteiger partial charge in [0, 0.05) is 12.4 Å². The van der Waals surface area contributed by atoms with Gasteiger partial charge in [-0.2, -0.15) is 0 Å². The van der Waals surface area contributed by atoms with Crippen LogP contribution >= 0.6 is 0 Å². The van der Waals surface area contributed by atoms with Gasteiger partial charge in [-0.1, -0.05) is 13.8 Å². The molecule has 3 heteroatoms. The van der Waals surface area contributed by atoms with Gasteiger partial charge in [0.1, 0.15) is 11.6 Å². The molecule has 2 nitrogen and oxygen atoms in total. The van der Waals surface area contributed by atoms with Crippen LogP contribution in [0.4, 0.5) is 10.2 Å². The summed E-state index contributed by atoms with van der Waals surface area (Å²) in [6, 6.07) is 5.08. The molecule has 0 bridgehead atoms. The molecular weight excluding hydrogens is 215 g/mol. The quantitative estimate of drug-likeness (QED) is 0.850. The van der Waals surface area contributed by atoms with Gasteiger partial charge in [0.15, 0.2) is 0 Å². The summed E-state index contributed by atoms with van der Waals surface area (Å²) in [7, 11) is 1.86. The average molecular weight is 232 g/mol. The fourth-order valence-electron chi connectivity index (χ4n) is 2.08. The smallest absolute Gasteiger partial charge is 0.129 e. The van der Waals surface area contributed by atoms with Gasteiger partial charge in [-0.3, -0.25) is 0 Å². The van der Waals surface area contributed by atoms with Crippen molar-refractivity contribution in [2.24, 2.45) is 0 Å². The zero-order valence-corrected chi connectivity index (χ0v) is 10.6. The Morgan fingerprint density at radius 2 is 1.94 bits per heavy atom. The van der Waals surface area contributed by atoms with Crippen LogP contribution in [0, 0.1) is 12.7 Å². The van der Waals surface area contributed by atoms with Gasteiger partial charge in [0.05, 0.1) is 5.52 Å². The molecule has 0 fully saturated rings. The topological polar surface area (TPSA) is 24.9 Å². The summed E-state index contributed by atoms with van der Waals surface area (Å²) in [5, 5.41) is 3.97. The van der Waals surface area contributed by atoms with Crippen LogP contribution < -0.4 is 5.32 Å². The van der Waals surface area contributed by atoms with Gasteiger partial charge in [-0.25, -0.2) is 9.37 Å². The number of benzene rings is 1. The maximum absolute atomic E-state index is 13.4. The van der Waals surface area contributed by atoms with E-state index in [2.05, 4.69) is 24.1 Å². The van der Waals surface area contributed by atoms with Crippen molar-refractivity contribution in [1.82, 2.24) is 4.98 Å². The lowest BCUT2D eigenvalue weighted by Crippen LogP contribution is -2.01. The Hall–Kier alpha value is -1.64. The number of fused-ring (bicyclic) bond motifs is 1. The first-order valence-corrected chi connectivity index (χ1v) is 5.81. The summed E-state index contributed by atoms with van der Waals surface area (Å²) in [4.78, 5) is 4.58. The summed E-state index contributed by atoms with van der Waals surface area (Å²) in [6.45, 7) is 6.10. The van der Waals surface area contributed by atoms with Crippen LogP contribution in [0.3, 0.4) is 0 Å². The van der Waals surface area contributed by atoms with Crippen LogP contribution in [0.1, 0.15) is 30.9 Å². The Kier molecular flexibility index (Phi) is 3.01. The van der Waals surface area contributed by atoms with Crippen molar-refractivity contribution in [1.29, 1.82) is 0 Å². The van der Waals surface area contributed by atoms with Crippen molar-refractivity contribution in [3.8, 4) is 0 Å². The Bertz CT molecular complexity index is 562. The van der Waals surface area contributed by atoms with Gasteiger partial charge in [0.25, 0.3) is 0 Å². The predicted molar refractivity (Wildman–Crippen MR) is 70.1 cm³/mol. The minimum atomic E-state index is -0.205. The molecule has 1 heterocycles. The monoisotopic (exact) mass is 232 g/mol. The van der Waals surface area contributed by atoms with E-state index in [9.17, 15) is 4.39 Å². The van der Waals surface area contributed by atoms with Gasteiger partial charge in [-0.05, 0) is 42.2 Å².